The van der Waals surface area contributed by atoms with Gasteiger partial charge in [-0.1, -0.05) is 19.8 Å². The molecule has 0 saturated heterocycles. The number of nitriles is 2. The van der Waals surface area contributed by atoms with Crippen LogP contribution in [0.5, 0.6) is 0 Å². The molecule has 74 valence electrons. The lowest BCUT2D eigenvalue weighted by Crippen LogP contribution is -2.32. The van der Waals surface area contributed by atoms with E-state index in [1.165, 1.54) is 0 Å². The summed E-state index contributed by atoms with van der Waals surface area (Å²) in [5.74, 6) is -1.21. The van der Waals surface area contributed by atoms with Crippen molar-refractivity contribution in [3.05, 3.63) is 0 Å². The highest BCUT2D eigenvalue weighted by Crippen LogP contribution is 2.43. The molecule has 0 N–H and O–H groups in total. The standard InChI is InChI=1S/C11H14N2O/c1-2-11(5-3-4-6-11)10(14)9(7-12)8-13/h9H,2-6H2,1H3. The average molecular weight is 190 g/mol. The predicted octanol–water partition coefficient (Wildman–Crippen LogP) is 2.19. The molecule has 0 aromatic rings. The number of carbonyl (C=O) groups is 1. The van der Waals surface area contributed by atoms with Gasteiger partial charge in [0.1, 0.15) is 0 Å². The minimum Gasteiger partial charge on any atom is -0.296 e. The average Bonchev–Trinajstić information content (AvgIpc) is 2.69. The van der Waals surface area contributed by atoms with Crippen LogP contribution in [0.4, 0.5) is 0 Å². The second-order valence-corrected chi connectivity index (χ2v) is 3.90. The summed E-state index contributed by atoms with van der Waals surface area (Å²) in [7, 11) is 0. The van der Waals surface area contributed by atoms with Gasteiger partial charge < -0.3 is 0 Å². The molecule has 1 aliphatic carbocycles. The maximum atomic E-state index is 11.9. The summed E-state index contributed by atoms with van der Waals surface area (Å²) >= 11 is 0. The third kappa shape index (κ3) is 1.63. The van der Waals surface area contributed by atoms with E-state index in [4.69, 9.17) is 10.5 Å². The molecular formula is C11H14N2O. The molecule has 0 aliphatic heterocycles. The van der Waals surface area contributed by atoms with Gasteiger partial charge in [-0.2, -0.15) is 10.5 Å². The monoisotopic (exact) mass is 190 g/mol. The van der Waals surface area contributed by atoms with Gasteiger partial charge in [0.05, 0.1) is 12.1 Å². The molecule has 1 aliphatic rings. The fourth-order valence-corrected chi connectivity index (χ4v) is 2.28. The van der Waals surface area contributed by atoms with Crippen LogP contribution in [0, 0.1) is 34.0 Å². The highest BCUT2D eigenvalue weighted by molar-refractivity contribution is 5.91. The van der Waals surface area contributed by atoms with Crippen LogP contribution in [0.15, 0.2) is 0 Å². The van der Waals surface area contributed by atoms with Crippen LogP contribution >= 0.6 is 0 Å². The predicted molar refractivity (Wildman–Crippen MR) is 50.9 cm³/mol. The van der Waals surface area contributed by atoms with Gasteiger partial charge in [-0.3, -0.25) is 4.79 Å². The van der Waals surface area contributed by atoms with Crippen molar-refractivity contribution >= 4 is 5.78 Å². The number of ketones is 1. The topological polar surface area (TPSA) is 64.7 Å². The van der Waals surface area contributed by atoms with E-state index >= 15 is 0 Å². The molecule has 0 bridgehead atoms. The van der Waals surface area contributed by atoms with E-state index in [2.05, 4.69) is 0 Å². The van der Waals surface area contributed by atoms with E-state index < -0.39 is 5.92 Å². The molecular weight excluding hydrogens is 176 g/mol. The molecule has 0 unspecified atom stereocenters. The Morgan fingerprint density at radius 1 is 1.36 bits per heavy atom. The lowest BCUT2D eigenvalue weighted by atomic mass is 9.75. The molecule has 0 amide bonds. The SMILES string of the molecule is CCC1(C(=O)C(C#N)C#N)CCCC1. The normalized spacial score (nSPS) is 18.9. The minimum atomic E-state index is -1.06. The van der Waals surface area contributed by atoms with E-state index in [1.807, 2.05) is 6.92 Å². The van der Waals surface area contributed by atoms with Gasteiger partial charge in [0, 0.05) is 5.41 Å². The third-order valence-corrected chi connectivity index (χ3v) is 3.28. The van der Waals surface area contributed by atoms with Crippen molar-refractivity contribution in [3.63, 3.8) is 0 Å². The van der Waals surface area contributed by atoms with Crippen molar-refractivity contribution in [2.45, 2.75) is 39.0 Å². The summed E-state index contributed by atoms with van der Waals surface area (Å²) in [6.07, 6.45) is 4.54. The lowest BCUT2D eigenvalue weighted by molar-refractivity contribution is -0.129. The molecule has 0 spiro atoms. The van der Waals surface area contributed by atoms with E-state index in [9.17, 15) is 4.79 Å². The Kier molecular flexibility index (Phi) is 3.25. The first-order valence-corrected chi connectivity index (χ1v) is 5.04. The molecule has 0 aromatic heterocycles. The molecule has 3 nitrogen and oxygen atoms in total. The highest BCUT2D eigenvalue weighted by atomic mass is 16.1. The Hall–Kier alpha value is -1.35. The van der Waals surface area contributed by atoms with Crippen LogP contribution in [0.25, 0.3) is 0 Å². The van der Waals surface area contributed by atoms with Crippen LogP contribution in [0.2, 0.25) is 0 Å². The zero-order valence-corrected chi connectivity index (χ0v) is 8.42. The Balaban J connectivity index is 2.86. The van der Waals surface area contributed by atoms with Gasteiger partial charge in [-0.05, 0) is 19.3 Å². The van der Waals surface area contributed by atoms with Gasteiger partial charge in [-0.15, -0.1) is 0 Å². The van der Waals surface area contributed by atoms with E-state index in [0.29, 0.717) is 0 Å². The van der Waals surface area contributed by atoms with Crippen molar-refractivity contribution in [1.29, 1.82) is 10.5 Å². The van der Waals surface area contributed by atoms with Crippen molar-refractivity contribution in [2.75, 3.05) is 0 Å². The Morgan fingerprint density at radius 2 is 1.86 bits per heavy atom. The van der Waals surface area contributed by atoms with Crippen molar-refractivity contribution in [2.24, 2.45) is 11.3 Å². The van der Waals surface area contributed by atoms with Crippen LogP contribution in [0.3, 0.4) is 0 Å². The minimum absolute atomic E-state index is 0.150. The first kappa shape index (κ1) is 10.7. The van der Waals surface area contributed by atoms with Crippen LogP contribution in [0.1, 0.15) is 39.0 Å². The maximum absolute atomic E-state index is 11.9. The fraction of sp³-hybridized carbons (Fsp3) is 0.727. The molecule has 0 radical (unpaired) electrons. The zero-order chi connectivity index (χ0) is 10.6. The molecule has 1 fully saturated rings. The van der Waals surface area contributed by atoms with Gasteiger partial charge in [-0.25, -0.2) is 0 Å². The van der Waals surface area contributed by atoms with Crippen LogP contribution in [-0.2, 0) is 4.79 Å². The maximum Gasteiger partial charge on any atom is 0.191 e. The van der Waals surface area contributed by atoms with Gasteiger partial charge >= 0.3 is 0 Å². The zero-order valence-electron chi connectivity index (χ0n) is 8.42. The summed E-state index contributed by atoms with van der Waals surface area (Å²) in [5, 5.41) is 17.3. The summed E-state index contributed by atoms with van der Waals surface area (Å²) < 4.78 is 0. The molecule has 1 saturated carbocycles. The Morgan fingerprint density at radius 3 is 2.21 bits per heavy atom. The second-order valence-electron chi connectivity index (χ2n) is 3.90. The van der Waals surface area contributed by atoms with Gasteiger partial charge in [0.15, 0.2) is 11.7 Å². The van der Waals surface area contributed by atoms with Crippen molar-refractivity contribution in [3.8, 4) is 12.1 Å². The lowest BCUT2D eigenvalue weighted by Gasteiger charge is -2.25. The molecule has 0 atom stereocenters. The number of hydrogen-bond acceptors (Lipinski definition) is 3. The highest BCUT2D eigenvalue weighted by Gasteiger charge is 2.42. The Labute approximate surface area is 84.3 Å². The largest absolute Gasteiger partial charge is 0.296 e. The quantitative estimate of drug-likeness (QED) is 0.685. The Bertz CT molecular complexity index is 288. The van der Waals surface area contributed by atoms with Crippen molar-refractivity contribution in [1.82, 2.24) is 0 Å². The van der Waals surface area contributed by atoms with Crippen molar-refractivity contribution < 1.29 is 4.79 Å². The van der Waals surface area contributed by atoms with Crippen LogP contribution in [-0.4, -0.2) is 5.78 Å². The number of nitrogens with zero attached hydrogens (tertiary/aromatic N) is 2. The van der Waals surface area contributed by atoms with Gasteiger partial charge in [0.25, 0.3) is 0 Å². The first-order valence-electron chi connectivity index (χ1n) is 5.04. The summed E-state index contributed by atoms with van der Waals surface area (Å²) in [6, 6.07) is 3.55. The third-order valence-electron chi connectivity index (χ3n) is 3.28. The number of hydrogen-bond donors (Lipinski definition) is 0. The van der Waals surface area contributed by atoms with Crippen LogP contribution < -0.4 is 0 Å². The first-order chi connectivity index (χ1) is 6.70. The molecule has 14 heavy (non-hydrogen) atoms. The fourth-order valence-electron chi connectivity index (χ4n) is 2.28. The number of carbonyl (C=O) groups excluding carboxylic acids is 1. The smallest absolute Gasteiger partial charge is 0.191 e. The van der Waals surface area contributed by atoms with E-state index in [1.54, 1.807) is 12.1 Å². The summed E-state index contributed by atoms with van der Waals surface area (Å²) in [5.41, 5.74) is -0.365. The second kappa shape index (κ2) is 4.24. The molecule has 1 rings (SSSR count). The van der Waals surface area contributed by atoms with E-state index in [0.717, 1.165) is 32.1 Å². The summed E-state index contributed by atoms with van der Waals surface area (Å²) in [6.45, 7) is 1.97. The number of rotatable bonds is 3. The molecule has 0 heterocycles. The summed E-state index contributed by atoms with van der Waals surface area (Å²) in [4.78, 5) is 11.9. The molecule has 0 aromatic carbocycles. The van der Waals surface area contributed by atoms with Gasteiger partial charge in [0.2, 0.25) is 0 Å². The van der Waals surface area contributed by atoms with E-state index in [-0.39, 0.29) is 11.2 Å². The number of Topliss-reactive ketones (excluding diaryl/α,β-unsaturated/α-hetero) is 1. The molecule has 3 heteroatoms.